The first kappa shape index (κ1) is 14.9. The molecule has 1 heterocycles. The van der Waals surface area contributed by atoms with Crippen molar-refractivity contribution in [3.63, 3.8) is 0 Å². The number of hydrogen-bond donors (Lipinski definition) is 1. The molecular weight excluding hydrogens is 258 g/mol. The number of ether oxygens (including phenoxy) is 1. The lowest BCUT2D eigenvalue weighted by atomic mass is 9.90. The van der Waals surface area contributed by atoms with Gasteiger partial charge in [0.2, 0.25) is 0 Å². The summed E-state index contributed by atoms with van der Waals surface area (Å²) in [6, 6.07) is 8.37. The summed E-state index contributed by atoms with van der Waals surface area (Å²) in [5.74, 6) is 4.06. The number of piperidine rings is 1. The normalized spacial score (nSPS) is 28.0. The summed E-state index contributed by atoms with van der Waals surface area (Å²) in [6.45, 7) is 2.26. The average molecular weight is 287 g/mol. The van der Waals surface area contributed by atoms with Crippen molar-refractivity contribution >= 4 is 0 Å². The number of nitrogens with one attached hydrogen (secondary N) is 1. The zero-order valence-electron chi connectivity index (χ0n) is 13.3. The second-order valence-corrected chi connectivity index (χ2v) is 6.89. The van der Waals surface area contributed by atoms with Crippen molar-refractivity contribution in [1.29, 1.82) is 0 Å². The number of benzene rings is 1. The van der Waals surface area contributed by atoms with Gasteiger partial charge in [0.15, 0.2) is 0 Å². The molecule has 3 fully saturated rings. The first-order chi connectivity index (χ1) is 10.4. The van der Waals surface area contributed by atoms with Gasteiger partial charge in [-0.3, -0.25) is 0 Å². The first-order valence-electron chi connectivity index (χ1n) is 8.70. The van der Waals surface area contributed by atoms with Gasteiger partial charge in [0, 0.05) is 0 Å². The van der Waals surface area contributed by atoms with Crippen LogP contribution in [0, 0.1) is 11.8 Å². The molecule has 2 bridgehead atoms. The van der Waals surface area contributed by atoms with Gasteiger partial charge in [-0.1, -0.05) is 43.9 Å². The highest BCUT2D eigenvalue weighted by Gasteiger charge is 2.30. The molecule has 0 aromatic heterocycles. The van der Waals surface area contributed by atoms with Gasteiger partial charge in [0.05, 0.1) is 7.11 Å². The summed E-state index contributed by atoms with van der Waals surface area (Å²) in [5.41, 5.74) is 1.37. The van der Waals surface area contributed by atoms with Gasteiger partial charge in [0.25, 0.3) is 0 Å². The van der Waals surface area contributed by atoms with Crippen molar-refractivity contribution in [2.24, 2.45) is 11.8 Å². The van der Waals surface area contributed by atoms with E-state index in [-0.39, 0.29) is 0 Å². The van der Waals surface area contributed by atoms with E-state index in [2.05, 4.69) is 23.5 Å². The predicted molar refractivity (Wildman–Crippen MR) is 87.9 cm³/mol. The fraction of sp³-hybridized carbons (Fsp3) is 0.684. The van der Waals surface area contributed by atoms with Crippen LogP contribution in [0.15, 0.2) is 24.3 Å². The molecule has 2 heteroatoms. The van der Waals surface area contributed by atoms with Gasteiger partial charge >= 0.3 is 0 Å². The van der Waals surface area contributed by atoms with Crippen molar-refractivity contribution in [2.45, 2.75) is 50.9 Å². The van der Waals surface area contributed by atoms with E-state index >= 15 is 0 Å². The Kier molecular flexibility index (Phi) is 5.18. The highest BCUT2D eigenvalue weighted by Crippen LogP contribution is 2.43. The molecule has 2 aliphatic carbocycles. The van der Waals surface area contributed by atoms with E-state index in [0.29, 0.717) is 5.92 Å². The minimum absolute atomic E-state index is 0.674. The largest absolute Gasteiger partial charge is 0.496 e. The zero-order valence-corrected chi connectivity index (χ0v) is 13.3. The van der Waals surface area contributed by atoms with E-state index < -0.39 is 0 Å². The summed E-state index contributed by atoms with van der Waals surface area (Å²) < 4.78 is 5.38. The van der Waals surface area contributed by atoms with Crippen LogP contribution in [0.4, 0.5) is 0 Å². The van der Waals surface area contributed by atoms with Crippen LogP contribution in [0.25, 0.3) is 0 Å². The van der Waals surface area contributed by atoms with Crippen molar-refractivity contribution in [3.05, 3.63) is 29.8 Å². The van der Waals surface area contributed by atoms with Gasteiger partial charge in [-0.05, 0) is 61.7 Å². The highest BCUT2D eigenvalue weighted by molar-refractivity contribution is 5.36. The maximum Gasteiger partial charge on any atom is 0.122 e. The van der Waals surface area contributed by atoms with E-state index in [9.17, 15) is 0 Å². The second kappa shape index (κ2) is 7.31. The molecule has 0 unspecified atom stereocenters. The molecule has 1 N–H and O–H groups in total. The molecule has 3 aliphatic rings. The minimum Gasteiger partial charge on any atom is -0.496 e. The second-order valence-electron chi connectivity index (χ2n) is 6.89. The third-order valence-electron chi connectivity index (χ3n) is 5.55. The third-order valence-corrected chi connectivity index (χ3v) is 5.55. The van der Waals surface area contributed by atoms with E-state index in [1.807, 2.05) is 6.07 Å². The van der Waals surface area contributed by atoms with E-state index in [1.54, 1.807) is 39.2 Å². The Morgan fingerprint density at radius 2 is 1.52 bits per heavy atom. The van der Waals surface area contributed by atoms with Crippen LogP contribution in [0.5, 0.6) is 5.75 Å². The fourth-order valence-electron chi connectivity index (χ4n) is 4.31. The van der Waals surface area contributed by atoms with Gasteiger partial charge in [-0.2, -0.15) is 0 Å². The van der Waals surface area contributed by atoms with Crippen molar-refractivity contribution < 1.29 is 4.74 Å². The summed E-state index contributed by atoms with van der Waals surface area (Å²) >= 11 is 0. The first-order valence-corrected chi connectivity index (χ1v) is 8.70. The van der Waals surface area contributed by atoms with Gasteiger partial charge in [0.1, 0.15) is 5.75 Å². The van der Waals surface area contributed by atoms with E-state index in [0.717, 1.165) is 18.8 Å². The molecule has 2 nitrogen and oxygen atoms in total. The molecule has 1 saturated heterocycles. The predicted octanol–water partition coefficient (Wildman–Crippen LogP) is 4.36. The molecule has 0 atom stereocenters. The van der Waals surface area contributed by atoms with Crippen molar-refractivity contribution in [1.82, 2.24) is 5.32 Å². The molecular formula is C19H29NO. The maximum atomic E-state index is 5.38. The molecule has 1 aromatic rings. The monoisotopic (exact) mass is 287 g/mol. The average Bonchev–Trinajstić information content (AvgIpc) is 3.22. The number of rotatable bonds is 2. The fourth-order valence-corrected chi connectivity index (χ4v) is 4.31. The SMILES string of the molecule is C1CC2CCC1C2.COc1ccccc1C1CCNCC1. The van der Waals surface area contributed by atoms with Crippen molar-refractivity contribution in [2.75, 3.05) is 20.2 Å². The lowest BCUT2D eigenvalue weighted by molar-refractivity contribution is 0.391. The van der Waals surface area contributed by atoms with E-state index in [4.69, 9.17) is 4.74 Å². The maximum absolute atomic E-state index is 5.38. The van der Waals surface area contributed by atoms with Crippen LogP contribution < -0.4 is 10.1 Å². The van der Waals surface area contributed by atoms with Crippen LogP contribution in [0.3, 0.4) is 0 Å². The number of para-hydroxylation sites is 1. The van der Waals surface area contributed by atoms with Crippen LogP contribution in [-0.2, 0) is 0 Å². The number of methoxy groups -OCH3 is 1. The van der Waals surface area contributed by atoms with Gasteiger partial charge < -0.3 is 10.1 Å². The minimum atomic E-state index is 0.674. The lowest BCUT2D eigenvalue weighted by Gasteiger charge is -2.24. The molecule has 0 spiro atoms. The Morgan fingerprint density at radius 1 is 0.905 bits per heavy atom. The Labute approximate surface area is 129 Å². The molecule has 116 valence electrons. The molecule has 1 aliphatic heterocycles. The summed E-state index contributed by atoms with van der Waals surface area (Å²) in [5, 5.41) is 3.38. The Morgan fingerprint density at radius 3 is 2.05 bits per heavy atom. The number of fused-ring (bicyclic) bond motifs is 2. The molecule has 0 radical (unpaired) electrons. The van der Waals surface area contributed by atoms with Crippen LogP contribution in [0.1, 0.15) is 56.4 Å². The smallest absolute Gasteiger partial charge is 0.122 e. The molecule has 0 amide bonds. The van der Waals surface area contributed by atoms with Crippen molar-refractivity contribution in [3.8, 4) is 5.75 Å². The van der Waals surface area contributed by atoms with Gasteiger partial charge in [-0.25, -0.2) is 0 Å². The Bertz CT molecular complexity index is 421. The van der Waals surface area contributed by atoms with Crippen LogP contribution in [0.2, 0.25) is 0 Å². The summed E-state index contributed by atoms with van der Waals surface area (Å²) in [7, 11) is 1.75. The Hall–Kier alpha value is -1.02. The zero-order chi connectivity index (χ0) is 14.5. The van der Waals surface area contributed by atoms with Crippen LogP contribution >= 0.6 is 0 Å². The highest BCUT2D eigenvalue weighted by atomic mass is 16.5. The quantitative estimate of drug-likeness (QED) is 0.872. The molecule has 4 rings (SSSR count). The van der Waals surface area contributed by atoms with Gasteiger partial charge in [-0.15, -0.1) is 0 Å². The standard InChI is InChI=1S/C12H17NO.C7H12/c1-14-12-5-3-2-4-11(12)10-6-8-13-9-7-10;1-2-7-4-3-6(1)5-7/h2-5,10,13H,6-9H2,1H3;6-7H,1-5H2. The summed E-state index contributed by atoms with van der Waals surface area (Å²) in [4.78, 5) is 0. The molecule has 21 heavy (non-hydrogen) atoms. The summed E-state index contributed by atoms with van der Waals surface area (Å²) in [6.07, 6.45) is 10.3. The lowest BCUT2D eigenvalue weighted by Crippen LogP contribution is -2.26. The molecule has 2 saturated carbocycles. The Balaban J connectivity index is 0.000000156. The molecule has 1 aromatic carbocycles. The number of hydrogen-bond acceptors (Lipinski definition) is 2. The van der Waals surface area contributed by atoms with E-state index in [1.165, 1.54) is 30.2 Å². The topological polar surface area (TPSA) is 21.3 Å². The third kappa shape index (κ3) is 3.79. The van der Waals surface area contributed by atoms with Crippen LogP contribution in [-0.4, -0.2) is 20.2 Å².